The van der Waals surface area contributed by atoms with Crippen molar-refractivity contribution in [2.45, 2.75) is 25.3 Å². The van der Waals surface area contributed by atoms with Gasteiger partial charge in [0.1, 0.15) is 6.04 Å². The van der Waals surface area contributed by atoms with E-state index in [4.69, 9.17) is 0 Å². The first-order valence-corrected chi connectivity index (χ1v) is 10.0. The highest BCUT2D eigenvalue weighted by Gasteiger charge is 2.29. The molecule has 1 saturated heterocycles. The second kappa shape index (κ2) is 11.6. The van der Waals surface area contributed by atoms with Crippen molar-refractivity contribution >= 4 is 24.2 Å². The van der Waals surface area contributed by atoms with Crippen molar-refractivity contribution in [1.29, 1.82) is 0 Å². The lowest BCUT2D eigenvalue weighted by molar-refractivity contribution is -0.134. The van der Waals surface area contributed by atoms with Gasteiger partial charge in [0.15, 0.2) is 0 Å². The molecule has 5 nitrogen and oxygen atoms in total. The molecule has 1 heterocycles. The number of carbonyl (C=O) groups is 2. The first kappa shape index (κ1) is 22.9. The van der Waals surface area contributed by atoms with Crippen LogP contribution in [0.25, 0.3) is 0 Å². The van der Waals surface area contributed by atoms with Gasteiger partial charge < -0.3 is 15.5 Å². The summed E-state index contributed by atoms with van der Waals surface area (Å²) in [6.07, 6.45) is 2.49. The summed E-state index contributed by atoms with van der Waals surface area (Å²) >= 11 is 0. The summed E-state index contributed by atoms with van der Waals surface area (Å²) < 4.78 is 0. The van der Waals surface area contributed by atoms with E-state index in [0.717, 1.165) is 38.0 Å². The fourth-order valence-electron chi connectivity index (χ4n) is 3.75. The van der Waals surface area contributed by atoms with Crippen molar-refractivity contribution in [3.05, 3.63) is 71.8 Å². The molecular formula is C23H30ClN3O2. The van der Waals surface area contributed by atoms with E-state index in [0.29, 0.717) is 17.9 Å². The molecule has 1 aliphatic heterocycles. The van der Waals surface area contributed by atoms with Gasteiger partial charge in [-0.2, -0.15) is 0 Å². The smallest absolute Gasteiger partial charge is 0.251 e. The Morgan fingerprint density at radius 3 is 2.17 bits per heavy atom. The van der Waals surface area contributed by atoms with E-state index in [1.165, 1.54) is 0 Å². The Balaban J connectivity index is 0.00000300. The molecule has 0 saturated carbocycles. The van der Waals surface area contributed by atoms with E-state index in [1.54, 1.807) is 12.1 Å². The fourth-order valence-corrected chi connectivity index (χ4v) is 3.75. The maximum absolute atomic E-state index is 13.2. The van der Waals surface area contributed by atoms with E-state index in [2.05, 4.69) is 10.6 Å². The molecule has 29 heavy (non-hydrogen) atoms. The number of likely N-dealkylation sites (tertiary alicyclic amines) is 1. The van der Waals surface area contributed by atoms with Crippen LogP contribution in [0.2, 0.25) is 0 Å². The summed E-state index contributed by atoms with van der Waals surface area (Å²) in [5.74, 6) is 0.413. The first-order chi connectivity index (χ1) is 13.7. The van der Waals surface area contributed by atoms with E-state index in [9.17, 15) is 9.59 Å². The summed E-state index contributed by atoms with van der Waals surface area (Å²) in [7, 11) is 1.96. The number of halogens is 1. The molecule has 0 aliphatic carbocycles. The minimum atomic E-state index is -0.559. The van der Waals surface area contributed by atoms with Gasteiger partial charge in [-0.25, -0.2) is 0 Å². The number of hydrogen-bond donors (Lipinski definition) is 2. The zero-order valence-electron chi connectivity index (χ0n) is 16.8. The maximum Gasteiger partial charge on any atom is 0.251 e. The molecule has 0 spiro atoms. The van der Waals surface area contributed by atoms with Crippen LogP contribution < -0.4 is 10.6 Å². The van der Waals surface area contributed by atoms with E-state index < -0.39 is 6.04 Å². The molecule has 0 radical (unpaired) electrons. The molecule has 156 valence electrons. The number of amides is 2. The molecule has 2 aromatic carbocycles. The topological polar surface area (TPSA) is 61.4 Å². The molecule has 2 aromatic rings. The summed E-state index contributed by atoms with van der Waals surface area (Å²) in [4.78, 5) is 27.8. The first-order valence-electron chi connectivity index (χ1n) is 10.0. The Morgan fingerprint density at radius 1 is 1.00 bits per heavy atom. The minimum Gasteiger partial charge on any atom is -0.341 e. The molecule has 1 atom stereocenters. The normalized spacial score (nSPS) is 15.3. The van der Waals surface area contributed by atoms with Crippen LogP contribution >= 0.6 is 12.4 Å². The molecule has 2 amide bonds. The van der Waals surface area contributed by atoms with Gasteiger partial charge in [-0.05, 0) is 50.0 Å². The molecule has 2 N–H and O–H groups in total. The number of hydrogen-bond acceptors (Lipinski definition) is 3. The van der Waals surface area contributed by atoms with Gasteiger partial charge in [-0.1, -0.05) is 48.5 Å². The molecule has 1 fully saturated rings. The van der Waals surface area contributed by atoms with E-state index >= 15 is 0 Å². The number of carbonyl (C=O) groups excluding carboxylic acids is 2. The van der Waals surface area contributed by atoms with E-state index in [1.807, 2.05) is 60.5 Å². The van der Waals surface area contributed by atoms with Gasteiger partial charge in [0, 0.05) is 25.1 Å². The molecule has 1 unspecified atom stereocenters. The van der Waals surface area contributed by atoms with Gasteiger partial charge in [-0.3, -0.25) is 9.59 Å². The predicted octanol–water partition coefficient (Wildman–Crippen LogP) is 2.91. The third kappa shape index (κ3) is 6.58. The second-order valence-corrected chi connectivity index (χ2v) is 7.41. The Hall–Kier alpha value is -2.37. The summed E-state index contributed by atoms with van der Waals surface area (Å²) in [6, 6.07) is 18.4. The zero-order valence-corrected chi connectivity index (χ0v) is 17.7. The summed E-state index contributed by atoms with van der Waals surface area (Å²) in [5.41, 5.74) is 1.61. The summed E-state index contributed by atoms with van der Waals surface area (Å²) in [6.45, 7) is 2.48. The van der Waals surface area contributed by atoms with Crippen LogP contribution in [-0.2, 0) is 11.2 Å². The van der Waals surface area contributed by atoms with Crippen LogP contribution in [0.15, 0.2) is 60.7 Å². The van der Waals surface area contributed by atoms with Crippen LogP contribution in [0.4, 0.5) is 0 Å². The predicted molar refractivity (Wildman–Crippen MR) is 118 cm³/mol. The van der Waals surface area contributed by atoms with Crippen LogP contribution in [-0.4, -0.2) is 49.4 Å². The lowest BCUT2D eigenvalue weighted by Crippen LogP contribution is -2.52. The quantitative estimate of drug-likeness (QED) is 0.730. The molecule has 1 aliphatic rings. The van der Waals surface area contributed by atoms with Gasteiger partial charge in [0.25, 0.3) is 5.91 Å². The average molecular weight is 416 g/mol. The SMILES string of the molecule is CNCC1CCN(C(=O)C(Cc2ccccc2)NC(=O)c2ccccc2)CC1.Cl. The van der Waals surface area contributed by atoms with Crippen molar-refractivity contribution in [2.75, 3.05) is 26.7 Å². The van der Waals surface area contributed by atoms with Crippen molar-refractivity contribution in [1.82, 2.24) is 15.5 Å². The van der Waals surface area contributed by atoms with Crippen LogP contribution in [0, 0.1) is 5.92 Å². The molecule has 6 heteroatoms. The Morgan fingerprint density at radius 2 is 1.59 bits per heavy atom. The third-order valence-electron chi connectivity index (χ3n) is 5.34. The van der Waals surface area contributed by atoms with Crippen LogP contribution in [0.3, 0.4) is 0 Å². The van der Waals surface area contributed by atoms with Crippen molar-refractivity contribution in [3.63, 3.8) is 0 Å². The highest BCUT2D eigenvalue weighted by molar-refractivity contribution is 5.97. The number of nitrogens with one attached hydrogen (secondary N) is 2. The van der Waals surface area contributed by atoms with Crippen molar-refractivity contribution in [2.24, 2.45) is 5.92 Å². The second-order valence-electron chi connectivity index (χ2n) is 7.41. The average Bonchev–Trinajstić information content (AvgIpc) is 2.75. The van der Waals surface area contributed by atoms with Crippen molar-refractivity contribution in [3.8, 4) is 0 Å². The van der Waals surface area contributed by atoms with E-state index in [-0.39, 0.29) is 24.2 Å². The highest BCUT2D eigenvalue weighted by atomic mass is 35.5. The summed E-state index contributed by atoms with van der Waals surface area (Å²) in [5, 5.41) is 6.19. The fraction of sp³-hybridized carbons (Fsp3) is 0.391. The Kier molecular flexibility index (Phi) is 9.16. The van der Waals surface area contributed by atoms with Crippen molar-refractivity contribution < 1.29 is 9.59 Å². The molecular weight excluding hydrogens is 386 g/mol. The van der Waals surface area contributed by atoms with Crippen LogP contribution in [0.5, 0.6) is 0 Å². The molecule has 0 bridgehead atoms. The number of nitrogens with zero attached hydrogens (tertiary/aromatic N) is 1. The van der Waals surface area contributed by atoms with Gasteiger partial charge in [-0.15, -0.1) is 12.4 Å². The lowest BCUT2D eigenvalue weighted by Gasteiger charge is -2.34. The highest BCUT2D eigenvalue weighted by Crippen LogP contribution is 2.18. The molecule has 0 aromatic heterocycles. The van der Waals surface area contributed by atoms with Gasteiger partial charge in [0.05, 0.1) is 0 Å². The van der Waals surface area contributed by atoms with Gasteiger partial charge >= 0.3 is 0 Å². The van der Waals surface area contributed by atoms with Gasteiger partial charge in [0.2, 0.25) is 5.91 Å². The number of piperidine rings is 1. The number of rotatable bonds is 7. The number of benzene rings is 2. The lowest BCUT2D eigenvalue weighted by atomic mass is 9.95. The largest absolute Gasteiger partial charge is 0.341 e. The minimum absolute atomic E-state index is 0. The Bertz CT molecular complexity index is 762. The standard InChI is InChI=1S/C23H29N3O2.ClH/c1-24-17-19-12-14-26(15-13-19)23(28)21(16-18-8-4-2-5-9-18)25-22(27)20-10-6-3-7-11-20;/h2-11,19,21,24H,12-17H2,1H3,(H,25,27);1H. The zero-order chi connectivity index (χ0) is 19.8. The Labute approximate surface area is 179 Å². The maximum atomic E-state index is 13.2. The molecule has 3 rings (SSSR count). The monoisotopic (exact) mass is 415 g/mol. The van der Waals surface area contributed by atoms with Crippen LogP contribution in [0.1, 0.15) is 28.8 Å². The third-order valence-corrected chi connectivity index (χ3v) is 5.34.